The minimum absolute atomic E-state index is 0.745. The van der Waals surface area contributed by atoms with Gasteiger partial charge in [-0.15, -0.1) is 0 Å². The highest BCUT2D eigenvalue weighted by Crippen LogP contribution is 2.31. The molecule has 0 bridgehead atoms. The summed E-state index contributed by atoms with van der Waals surface area (Å²) in [7, 11) is 2.17. The van der Waals surface area contributed by atoms with Crippen LogP contribution in [0.1, 0.15) is 25.3 Å². The Hall–Kier alpha value is -1.09. The molecule has 0 atom stereocenters. The zero-order chi connectivity index (χ0) is 10.7. The monoisotopic (exact) mass is 205 g/mol. The van der Waals surface area contributed by atoms with Crippen molar-refractivity contribution in [3.8, 4) is 0 Å². The molecular weight excluding hydrogens is 186 g/mol. The summed E-state index contributed by atoms with van der Waals surface area (Å²) in [6.45, 7) is 4.08. The standard InChI is InChI=1S/C12H19N3/c1-3-13-8-10-6-7-14-9-12(10)15(2)11-4-5-11/h6-7,9,11,13H,3-5,8H2,1-2H3. The first kappa shape index (κ1) is 10.4. The average molecular weight is 205 g/mol. The molecule has 1 N–H and O–H groups in total. The predicted octanol–water partition coefficient (Wildman–Crippen LogP) is 1.79. The van der Waals surface area contributed by atoms with Crippen LogP contribution in [0.4, 0.5) is 5.69 Å². The Balaban J connectivity index is 2.12. The van der Waals surface area contributed by atoms with E-state index in [9.17, 15) is 0 Å². The lowest BCUT2D eigenvalue weighted by molar-refractivity contribution is 0.721. The van der Waals surface area contributed by atoms with Crippen molar-refractivity contribution < 1.29 is 0 Å². The molecule has 3 heteroatoms. The van der Waals surface area contributed by atoms with Gasteiger partial charge in [0, 0.05) is 25.8 Å². The van der Waals surface area contributed by atoms with Gasteiger partial charge in [0.2, 0.25) is 0 Å². The Morgan fingerprint density at radius 3 is 3.00 bits per heavy atom. The second-order valence-electron chi connectivity index (χ2n) is 4.13. The van der Waals surface area contributed by atoms with Crippen LogP contribution in [0, 0.1) is 0 Å². The summed E-state index contributed by atoms with van der Waals surface area (Å²) in [5, 5.41) is 3.36. The van der Waals surface area contributed by atoms with E-state index in [1.54, 1.807) is 0 Å². The van der Waals surface area contributed by atoms with Gasteiger partial charge in [0.25, 0.3) is 0 Å². The van der Waals surface area contributed by atoms with E-state index in [0.717, 1.165) is 19.1 Å². The van der Waals surface area contributed by atoms with Crippen molar-refractivity contribution in [2.75, 3.05) is 18.5 Å². The van der Waals surface area contributed by atoms with Crippen LogP contribution in [0.3, 0.4) is 0 Å². The van der Waals surface area contributed by atoms with E-state index in [2.05, 4.69) is 35.2 Å². The SMILES string of the molecule is CCNCc1ccncc1N(C)C1CC1. The van der Waals surface area contributed by atoms with Gasteiger partial charge in [0.1, 0.15) is 0 Å². The molecule has 1 fully saturated rings. The van der Waals surface area contributed by atoms with E-state index in [4.69, 9.17) is 0 Å². The lowest BCUT2D eigenvalue weighted by Gasteiger charge is -2.21. The third kappa shape index (κ3) is 2.48. The molecular formula is C12H19N3. The number of hydrogen-bond donors (Lipinski definition) is 1. The molecule has 0 aliphatic heterocycles. The van der Waals surface area contributed by atoms with Crippen molar-refractivity contribution in [2.24, 2.45) is 0 Å². The summed E-state index contributed by atoms with van der Waals surface area (Å²) in [5.41, 5.74) is 2.63. The number of nitrogens with one attached hydrogen (secondary N) is 1. The van der Waals surface area contributed by atoms with E-state index in [-0.39, 0.29) is 0 Å². The first-order chi connectivity index (χ1) is 7.33. The highest BCUT2D eigenvalue weighted by Gasteiger charge is 2.27. The maximum Gasteiger partial charge on any atom is 0.0598 e. The van der Waals surface area contributed by atoms with E-state index < -0.39 is 0 Å². The zero-order valence-electron chi connectivity index (χ0n) is 9.53. The van der Waals surface area contributed by atoms with Crippen molar-refractivity contribution in [3.05, 3.63) is 24.0 Å². The third-order valence-electron chi connectivity index (χ3n) is 2.93. The number of hydrogen-bond acceptors (Lipinski definition) is 3. The topological polar surface area (TPSA) is 28.2 Å². The van der Waals surface area contributed by atoms with E-state index in [1.165, 1.54) is 24.1 Å². The zero-order valence-corrected chi connectivity index (χ0v) is 9.53. The fourth-order valence-electron chi connectivity index (χ4n) is 1.80. The minimum Gasteiger partial charge on any atom is -0.370 e. The molecule has 1 heterocycles. The van der Waals surface area contributed by atoms with Gasteiger partial charge in [-0.2, -0.15) is 0 Å². The Morgan fingerprint density at radius 1 is 1.53 bits per heavy atom. The van der Waals surface area contributed by atoms with Crippen molar-refractivity contribution in [1.82, 2.24) is 10.3 Å². The summed E-state index contributed by atoms with van der Waals surface area (Å²) < 4.78 is 0. The van der Waals surface area contributed by atoms with E-state index in [1.807, 2.05) is 12.4 Å². The van der Waals surface area contributed by atoms with Gasteiger partial charge >= 0.3 is 0 Å². The summed E-state index contributed by atoms with van der Waals surface area (Å²) in [6, 6.07) is 2.85. The van der Waals surface area contributed by atoms with Gasteiger partial charge in [0.05, 0.1) is 11.9 Å². The lowest BCUT2D eigenvalue weighted by atomic mass is 10.2. The van der Waals surface area contributed by atoms with Crippen LogP contribution in [-0.2, 0) is 6.54 Å². The second kappa shape index (κ2) is 4.62. The van der Waals surface area contributed by atoms with Gasteiger partial charge in [-0.1, -0.05) is 6.92 Å². The quantitative estimate of drug-likeness (QED) is 0.794. The molecule has 1 saturated carbocycles. The molecule has 15 heavy (non-hydrogen) atoms. The van der Waals surface area contributed by atoms with Crippen molar-refractivity contribution in [2.45, 2.75) is 32.4 Å². The van der Waals surface area contributed by atoms with Gasteiger partial charge in [-0.3, -0.25) is 4.98 Å². The molecule has 2 rings (SSSR count). The molecule has 1 aromatic heterocycles. The molecule has 1 aliphatic rings. The van der Waals surface area contributed by atoms with Gasteiger partial charge < -0.3 is 10.2 Å². The van der Waals surface area contributed by atoms with Crippen LogP contribution in [0.5, 0.6) is 0 Å². The largest absolute Gasteiger partial charge is 0.370 e. The molecule has 1 aromatic rings. The van der Waals surface area contributed by atoms with Crippen molar-refractivity contribution in [3.63, 3.8) is 0 Å². The normalized spacial score (nSPS) is 15.3. The smallest absolute Gasteiger partial charge is 0.0598 e. The van der Waals surface area contributed by atoms with Gasteiger partial charge in [-0.05, 0) is 31.0 Å². The minimum atomic E-state index is 0.745. The van der Waals surface area contributed by atoms with Crippen LogP contribution >= 0.6 is 0 Å². The summed E-state index contributed by atoms with van der Waals surface area (Å²) in [5.74, 6) is 0. The Morgan fingerprint density at radius 2 is 2.33 bits per heavy atom. The van der Waals surface area contributed by atoms with E-state index in [0.29, 0.717) is 0 Å². The van der Waals surface area contributed by atoms with Gasteiger partial charge in [-0.25, -0.2) is 0 Å². The molecule has 0 radical (unpaired) electrons. The number of rotatable bonds is 5. The van der Waals surface area contributed by atoms with Crippen molar-refractivity contribution in [1.29, 1.82) is 0 Å². The highest BCUT2D eigenvalue weighted by atomic mass is 15.2. The third-order valence-corrected chi connectivity index (χ3v) is 2.93. The maximum absolute atomic E-state index is 4.22. The summed E-state index contributed by atoms with van der Waals surface area (Å²) in [4.78, 5) is 6.58. The second-order valence-corrected chi connectivity index (χ2v) is 4.13. The molecule has 0 aromatic carbocycles. The lowest BCUT2D eigenvalue weighted by Crippen LogP contribution is -2.23. The fourth-order valence-corrected chi connectivity index (χ4v) is 1.80. The first-order valence-corrected chi connectivity index (χ1v) is 5.69. The van der Waals surface area contributed by atoms with E-state index >= 15 is 0 Å². The van der Waals surface area contributed by atoms with Crippen LogP contribution in [0.15, 0.2) is 18.5 Å². The molecule has 0 amide bonds. The first-order valence-electron chi connectivity index (χ1n) is 5.69. The number of pyridine rings is 1. The highest BCUT2D eigenvalue weighted by molar-refractivity contribution is 5.52. The van der Waals surface area contributed by atoms with Crippen LogP contribution in [0.25, 0.3) is 0 Å². The fraction of sp³-hybridized carbons (Fsp3) is 0.583. The average Bonchev–Trinajstić information content (AvgIpc) is 3.09. The van der Waals surface area contributed by atoms with Crippen LogP contribution in [0.2, 0.25) is 0 Å². The molecule has 1 aliphatic carbocycles. The molecule has 0 saturated heterocycles. The summed E-state index contributed by atoms with van der Waals surface area (Å²) in [6.07, 6.45) is 6.50. The number of aromatic nitrogens is 1. The summed E-state index contributed by atoms with van der Waals surface area (Å²) >= 11 is 0. The Bertz CT molecular complexity index is 320. The molecule has 82 valence electrons. The number of nitrogens with zero attached hydrogens (tertiary/aromatic N) is 2. The van der Waals surface area contributed by atoms with Crippen LogP contribution < -0.4 is 10.2 Å². The Kier molecular flexibility index (Phi) is 3.21. The molecule has 3 nitrogen and oxygen atoms in total. The van der Waals surface area contributed by atoms with Crippen molar-refractivity contribution >= 4 is 5.69 Å². The predicted molar refractivity (Wildman–Crippen MR) is 63.0 cm³/mol. The Labute approximate surface area is 91.5 Å². The van der Waals surface area contributed by atoms with Gasteiger partial charge in [0.15, 0.2) is 0 Å². The molecule has 0 unspecified atom stereocenters. The maximum atomic E-state index is 4.22. The number of anilines is 1. The van der Waals surface area contributed by atoms with Crippen LogP contribution in [-0.4, -0.2) is 24.6 Å². The molecule has 0 spiro atoms.